The van der Waals surface area contributed by atoms with Crippen LogP contribution in [-0.2, 0) is 4.74 Å². The lowest BCUT2D eigenvalue weighted by atomic mass is 9.88. The monoisotopic (exact) mass is 302 g/mol. The van der Waals surface area contributed by atoms with Gasteiger partial charge in [0.25, 0.3) is 0 Å². The number of carbonyl (C=O) groups is 1. The summed E-state index contributed by atoms with van der Waals surface area (Å²) in [4.78, 5) is 12.4. The van der Waals surface area contributed by atoms with Crippen molar-refractivity contribution in [1.82, 2.24) is 0 Å². The third-order valence-corrected chi connectivity index (χ3v) is 3.84. The summed E-state index contributed by atoms with van der Waals surface area (Å²) < 4.78 is 5.50. The molecule has 1 aromatic carbocycles. The summed E-state index contributed by atoms with van der Waals surface area (Å²) in [5.74, 6) is 5.96. The molecule has 1 aliphatic rings. The molecular formula is C18H26N2O2. The third kappa shape index (κ3) is 3.02. The maximum absolute atomic E-state index is 12.4. The highest BCUT2D eigenvalue weighted by Gasteiger charge is 2.31. The van der Waals surface area contributed by atoms with Gasteiger partial charge >= 0.3 is 5.97 Å². The van der Waals surface area contributed by atoms with Crippen molar-refractivity contribution >= 4 is 17.2 Å². The minimum Gasteiger partial charge on any atom is -0.456 e. The van der Waals surface area contributed by atoms with E-state index in [1.807, 2.05) is 46.8 Å². The molecule has 0 unspecified atom stereocenters. The largest absolute Gasteiger partial charge is 0.456 e. The van der Waals surface area contributed by atoms with Gasteiger partial charge in [-0.05, 0) is 71.7 Å². The fourth-order valence-corrected chi connectivity index (χ4v) is 2.75. The number of nitrogens with zero attached hydrogens (tertiary/aromatic N) is 1. The SMILES string of the molecule is CC1=CC(C)(C)N(N)c2cc(C)c(C(=O)OC(C)(C)C)cc21. The molecule has 120 valence electrons. The summed E-state index contributed by atoms with van der Waals surface area (Å²) in [7, 11) is 0. The molecule has 0 saturated carbocycles. The second kappa shape index (κ2) is 5.13. The van der Waals surface area contributed by atoms with Crippen LogP contribution < -0.4 is 10.9 Å². The average Bonchev–Trinajstić information content (AvgIpc) is 2.33. The van der Waals surface area contributed by atoms with Crippen LogP contribution in [0.1, 0.15) is 63.0 Å². The number of hydrogen-bond acceptors (Lipinski definition) is 4. The lowest BCUT2D eigenvalue weighted by Gasteiger charge is -2.40. The summed E-state index contributed by atoms with van der Waals surface area (Å²) >= 11 is 0. The highest BCUT2D eigenvalue weighted by molar-refractivity contribution is 5.95. The molecule has 2 rings (SSSR count). The zero-order valence-electron chi connectivity index (χ0n) is 14.6. The third-order valence-electron chi connectivity index (χ3n) is 3.84. The molecule has 0 amide bonds. The van der Waals surface area contributed by atoms with Gasteiger partial charge in [-0.2, -0.15) is 0 Å². The molecule has 22 heavy (non-hydrogen) atoms. The van der Waals surface area contributed by atoms with E-state index >= 15 is 0 Å². The van der Waals surface area contributed by atoms with E-state index in [1.54, 1.807) is 5.01 Å². The Kier molecular flexibility index (Phi) is 3.86. The number of hydrazine groups is 1. The molecular weight excluding hydrogens is 276 g/mol. The number of ether oxygens (including phenoxy) is 1. The van der Waals surface area contributed by atoms with Crippen molar-refractivity contribution in [2.24, 2.45) is 5.84 Å². The zero-order chi connectivity index (χ0) is 16.9. The van der Waals surface area contributed by atoms with Crippen LogP contribution in [0.5, 0.6) is 0 Å². The molecule has 0 saturated heterocycles. The Labute approximate surface area is 132 Å². The first-order valence-corrected chi connectivity index (χ1v) is 7.55. The first-order chi connectivity index (χ1) is 9.92. The average molecular weight is 302 g/mol. The maximum atomic E-state index is 12.4. The lowest BCUT2D eigenvalue weighted by Crippen LogP contribution is -2.50. The molecule has 1 heterocycles. The van der Waals surface area contributed by atoms with E-state index in [1.165, 1.54) is 0 Å². The van der Waals surface area contributed by atoms with Crippen molar-refractivity contribution in [1.29, 1.82) is 0 Å². The molecule has 0 aromatic heterocycles. The summed E-state index contributed by atoms with van der Waals surface area (Å²) in [6.07, 6.45) is 2.11. The number of benzene rings is 1. The predicted molar refractivity (Wildman–Crippen MR) is 90.7 cm³/mol. The molecule has 0 spiro atoms. The molecule has 4 nitrogen and oxygen atoms in total. The van der Waals surface area contributed by atoms with Gasteiger partial charge in [0.15, 0.2) is 0 Å². The Morgan fingerprint density at radius 2 is 1.82 bits per heavy atom. The van der Waals surface area contributed by atoms with Crippen LogP contribution in [0.15, 0.2) is 18.2 Å². The maximum Gasteiger partial charge on any atom is 0.338 e. The van der Waals surface area contributed by atoms with Crippen molar-refractivity contribution in [3.63, 3.8) is 0 Å². The number of anilines is 1. The Bertz CT molecular complexity index is 652. The first-order valence-electron chi connectivity index (χ1n) is 7.55. The Morgan fingerprint density at radius 1 is 1.23 bits per heavy atom. The molecule has 2 N–H and O–H groups in total. The van der Waals surface area contributed by atoms with Crippen LogP contribution >= 0.6 is 0 Å². The molecule has 0 bridgehead atoms. The lowest BCUT2D eigenvalue weighted by molar-refractivity contribution is 0.00687. The van der Waals surface area contributed by atoms with Crippen LogP contribution in [0, 0.1) is 6.92 Å². The number of allylic oxidation sites excluding steroid dienone is 1. The molecule has 0 atom stereocenters. The van der Waals surface area contributed by atoms with E-state index in [-0.39, 0.29) is 11.5 Å². The van der Waals surface area contributed by atoms with Gasteiger partial charge in [-0.15, -0.1) is 0 Å². The van der Waals surface area contributed by atoms with Gasteiger partial charge in [0.05, 0.1) is 16.8 Å². The highest BCUT2D eigenvalue weighted by atomic mass is 16.6. The standard InChI is InChI=1S/C18H26N2O2/c1-11-8-15-13(12(2)10-18(6,7)20(15)19)9-14(11)16(21)22-17(3,4)5/h8-10H,19H2,1-7H3. The van der Waals surface area contributed by atoms with E-state index in [4.69, 9.17) is 10.6 Å². The summed E-state index contributed by atoms with van der Waals surface area (Å²) in [5.41, 5.74) is 3.74. The molecule has 1 aliphatic heterocycles. The van der Waals surface area contributed by atoms with Crippen molar-refractivity contribution in [2.45, 2.75) is 59.6 Å². The van der Waals surface area contributed by atoms with Crippen molar-refractivity contribution in [2.75, 3.05) is 5.01 Å². The van der Waals surface area contributed by atoms with Gasteiger partial charge in [-0.1, -0.05) is 6.08 Å². The molecule has 4 heteroatoms. The smallest absolute Gasteiger partial charge is 0.338 e. The number of fused-ring (bicyclic) bond motifs is 1. The normalized spacial score (nSPS) is 16.9. The second-order valence-corrected chi connectivity index (χ2v) is 7.54. The van der Waals surface area contributed by atoms with Gasteiger partial charge in [0.2, 0.25) is 0 Å². The van der Waals surface area contributed by atoms with Gasteiger partial charge in [-0.25, -0.2) is 10.6 Å². The van der Waals surface area contributed by atoms with Gasteiger partial charge in [0, 0.05) is 5.56 Å². The van der Waals surface area contributed by atoms with Crippen LogP contribution in [0.25, 0.3) is 5.57 Å². The molecule has 0 aliphatic carbocycles. The Hall–Kier alpha value is -1.81. The molecule has 0 radical (unpaired) electrons. The number of rotatable bonds is 1. The van der Waals surface area contributed by atoms with Gasteiger partial charge < -0.3 is 9.75 Å². The van der Waals surface area contributed by atoms with E-state index in [0.717, 1.165) is 22.4 Å². The number of aryl methyl sites for hydroxylation is 1. The van der Waals surface area contributed by atoms with Crippen LogP contribution in [0.3, 0.4) is 0 Å². The van der Waals surface area contributed by atoms with Crippen molar-refractivity contribution in [3.05, 3.63) is 34.9 Å². The van der Waals surface area contributed by atoms with Crippen LogP contribution in [-0.4, -0.2) is 17.1 Å². The van der Waals surface area contributed by atoms with E-state index in [2.05, 4.69) is 19.9 Å². The van der Waals surface area contributed by atoms with Crippen molar-refractivity contribution in [3.8, 4) is 0 Å². The van der Waals surface area contributed by atoms with Gasteiger partial charge in [0.1, 0.15) is 5.60 Å². The zero-order valence-corrected chi connectivity index (χ0v) is 14.6. The van der Waals surface area contributed by atoms with E-state index in [9.17, 15) is 4.79 Å². The summed E-state index contributed by atoms with van der Waals surface area (Å²) in [6, 6.07) is 3.85. The topological polar surface area (TPSA) is 55.6 Å². The quantitative estimate of drug-likeness (QED) is 0.633. The number of nitrogens with two attached hydrogens (primary N) is 1. The number of esters is 1. The predicted octanol–water partition coefficient (Wildman–Crippen LogP) is 3.83. The van der Waals surface area contributed by atoms with Crippen LogP contribution in [0.4, 0.5) is 5.69 Å². The Balaban J connectivity index is 2.52. The Morgan fingerprint density at radius 3 is 2.36 bits per heavy atom. The summed E-state index contributed by atoms with van der Waals surface area (Å²) in [6.45, 7) is 13.7. The number of hydrogen-bond donors (Lipinski definition) is 1. The summed E-state index contributed by atoms with van der Waals surface area (Å²) in [5, 5.41) is 1.75. The second-order valence-electron chi connectivity index (χ2n) is 7.54. The minimum atomic E-state index is -0.508. The van der Waals surface area contributed by atoms with Crippen LogP contribution in [0.2, 0.25) is 0 Å². The highest BCUT2D eigenvalue weighted by Crippen LogP contribution is 2.38. The van der Waals surface area contributed by atoms with E-state index < -0.39 is 5.60 Å². The minimum absolute atomic E-state index is 0.253. The first kappa shape index (κ1) is 16.6. The fraction of sp³-hybridized carbons (Fsp3) is 0.500. The molecule has 1 aromatic rings. The van der Waals surface area contributed by atoms with E-state index in [0.29, 0.717) is 5.56 Å². The molecule has 0 fully saturated rings. The van der Waals surface area contributed by atoms with Gasteiger partial charge in [-0.3, -0.25) is 0 Å². The van der Waals surface area contributed by atoms with Crippen molar-refractivity contribution < 1.29 is 9.53 Å². The number of carbonyl (C=O) groups excluding carboxylic acids is 1. The fourth-order valence-electron chi connectivity index (χ4n) is 2.75.